The van der Waals surface area contributed by atoms with Crippen LogP contribution in [0.2, 0.25) is 0 Å². The average molecular weight is 247 g/mol. The highest BCUT2D eigenvalue weighted by Gasteiger charge is 2.49. The van der Waals surface area contributed by atoms with Gasteiger partial charge in [-0.25, -0.2) is 0 Å². The maximum Gasteiger partial charge on any atom is 0.318 e. The maximum absolute atomic E-state index is 12.4. The number of hydrogen-bond donors (Lipinski definition) is 1. The average Bonchev–Trinajstić information content (AvgIpc) is 2.34. The Bertz CT molecular complexity index is 400. The first-order valence-electron chi connectivity index (χ1n) is 6.68. The number of nitrogens with two attached hydrogens (primary N) is 1. The van der Waals surface area contributed by atoms with Crippen LogP contribution in [-0.4, -0.2) is 19.1 Å². The molecule has 0 aromatic heterocycles. The summed E-state index contributed by atoms with van der Waals surface area (Å²) < 4.78 is 5.29. The van der Waals surface area contributed by atoms with Gasteiger partial charge < -0.3 is 10.5 Å². The molecule has 3 nitrogen and oxygen atoms in total. The number of carbonyl (C=O) groups is 1. The smallest absolute Gasteiger partial charge is 0.318 e. The summed E-state index contributed by atoms with van der Waals surface area (Å²) in [7, 11) is 0. The number of rotatable bonds is 5. The second-order valence-electron chi connectivity index (χ2n) is 4.89. The van der Waals surface area contributed by atoms with E-state index in [4.69, 9.17) is 10.5 Å². The van der Waals surface area contributed by atoms with Crippen molar-refractivity contribution >= 4 is 5.97 Å². The van der Waals surface area contributed by atoms with E-state index in [1.807, 2.05) is 37.3 Å². The highest BCUT2D eigenvalue weighted by atomic mass is 16.5. The number of hydrogen-bond acceptors (Lipinski definition) is 3. The highest BCUT2D eigenvalue weighted by Crippen LogP contribution is 2.44. The normalized spacial score (nSPS) is 18.8. The second kappa shape index (κ2) is 5.53. The Morgan fingerprint density at radius 3 is 2.50 bits per heavy atom. The molecule has 1 unspecified atom stereocenters. The van der Waals surface area contributed by atoms with Gasteiger partial charge in [-0.15, -0.1) is 0 Å². The summed E-state index contributed by atoms with van der Waals surface area (Å²) in [5.74, 6) is 0.160. The lowest BCUT2D eigenvalue weighted by Gasteiger charge is -2.43. The molecule has 1 aromatic rings. The summed E-state index contributed by atoms with van der Waals surface area (Å²) >= 11 is 0. The summed E-state index contributed by atoms with van der Waals surface area (Å²) in [6.45, 7) is 2.56. The Labute approximate surface area is 108 Å². The van der Waals surface area contributed by atoms with Gasteiger partial charge in [0.05, 0.1) is 6.61 Å². The Morgan fingerprint density at radius 2 is 2.06 bits per heavy atom. The van der Waals surface area contributed by atoms with Crippen LogP contribution in [0.4, 0.5) is 0 Å². The van der Waals surface area contributed by atoms with Gasteiger partial charge in [-0.05, 0) is 31.2 Å². The predicted molar refractivity (Wildman–Crippen MR) is 71.1 cm³/mol. The van der Waals surface area contributed by atoms with E-state index >= 15 is 0 Å². The number of ether oxygens (including phenoxy) is 1. The van der Waals surface area contributed by atoms with E-state index in [2.05, 4.69) is 0 Å². The maximum atomic E-state index is 12.4. The lowest BCUT2D eigenvalue weighted by Crippen LogP contribution is -2.52. The minimum atomic E-state index is -0.643. The van der Waals surface area contributed by atoms with Gasteiger partial charge in [-0.3, -0.25) is 4.79 Å². The molecular weight excluding hydrogens is 226 g/mol. The zero-order valence-electron chi connectivity index (χ0n) is 10.9. The lowest BCUT2D eigenvalue weighted by molar-refractivity contribution is -0.153. The molecule has 0 saturated heterocycles. The molecule has 0 radical (unpaired) electrons. The van der Waals surface area contributed by atoms with Crippen LogP contribution in [0.5, 0.6) is 0 Å². The summed E-state index contributed by atoms with van der Waals surface area (Å²) in [6.07, 6.45) is 3.30. The summed E-state index contributed by atoms with van der Waals surface area (Å²) in [6, 6.07) is 9.84. The van der Waals surface area contributed by atoms with Crippen molar-refractivity contribution in [3.05, 3.63) is 35.9 Å². The van der Waals surface area contributed by atoms with Gasteiger partial charge in [0.1, 0.15) is 5.41 Å². The Hall–Kier alpha value is -1.35. The lowest BCUT2D eigenvalue weighted by atomic mass is 9.62. The summed E-state index contributed by atoms with van der Waals surface area (Å²) in [4.78, 5) is 12.4. The third-order valence-corrected chi connectivity index (χ3v) is 4.05. The van der Waals surface area contributed by atoms with Crippen LogP contribution in [0.25, 0.3) is 0 Å². The highest BCUT2D eigenvalue weighted by molar-refractivity contribution is 5.84. The molecule has 1 fully saturated rings. The van der Waals surface area contributed by atoms with E-state index in [1.54, 1.807) is 0 Å². The molecule has 1 aliphatic carbocycles. The van der Waals surface area contributed by atoms with E-state index in [0.717, 1.165) is 18.4 Å². The number of carbonyl (C=O) groups excluding carboxylic acids is 1. The Balaban J connectivity index is 2.40. The van der Waals surface area contributed by atoms with Crippen LogP contribution in [0, 0.1) is 5.92 Å². The van der Waals surface area contributed by atoms with E-state index in [1.165, 1.54) is 6.42 Å². The fourth-order valence-electron chi connectivity index (χ4n) is 2.78. The van der Waals surface area contributed by atoms with Gasteiger partial charge in [0.2, 0.25) is 0 Å². The van der Waals surface area contributed by atoms with Crippen molar-refractivity contribution in [3.63, 3.8) is 0 Å². The van der Waals surface area contributed by atoms with E-state index in [9.17, 15) is 4.79 Å². The van der Waals surface area contributed by atoms with Gasteiger partial charge in [0.15, 0.2) is 0 Å². The zero-order valence-corrected chi connectivity index (χ0v) is 10.9. The number of benzene rings is 1. The summed E-state index contributed by atoms with van der Waals surface area (Å²) in [5.41, 5.74) is 6.33. The Morgan fingerprint density at radius 1 is 1.39 bits per heavy atom. The largest absolute Gasteiger partial charge is 0.465 e. The van der Waals surface area contributed by atoms with Crippen LogP contribution in [-0.2, 0) is 14.9 Å². The molecule has 0 spiro atoms. The third kappa shape index (κ3) is 2.03. The van der Waals surface area contributed by atoms with E-state index < -0.39 is 5.41 Å². The van der Waals surface area contributed by atoms with Crippen molar-refractivity contribution in [3.8, 4) is 0 Å². The fourth-order valence-corrected chi connectivity index (χ4v) is 2.78. The molecule has 3 heteroatoms. The molecule has 98 valence electrons. The molecule has 0 bridgehead atoms. The van der Waals surface area contributed by atoms with Gasteiger partial charge in [-0.2, -0.15) is 0 Å². The van der Waals surface area contributed by atoms with E-state index in [-0.39, 0.29) is 5.97 Å². The zero-order chi connectivity index (χ0) is 13.0. The van der Waals surface area contributed by atoms with Crippen LogP contribution < -0.4 is 5.73 Å². The van der Waals surface area contributed by atoms with Gasteiger partial charge in [0.25, 0.3) is 0 Å². The minimum Gasteiger partial charge on any atom is -0.465 e. The van der Waals surface area contributed by atoms with Crippen molar-refractivity contribution in [1.82, 2.24) is 0 Å². The standard InChI is InChI=1S/C15H21NO2/c1-2-18-14(17)15(11-16,13-9-6-10-13)12-7-4-3-5-8-12/h3-5,7-8,13H,2,6,9-11,16H2,1H3. The molecule has 2 rings (SSSR count). The molecule has 0 heterocycles. The molecule has 0 aliphatic heterocycles. The first kappa shape index (κ1) is 13.1. The van der Waals surface area contributed by atoms with Crippen molar-refractivity contribution in [2.45, 2.75) is 31.6 Å². The molecule has 0 amide bonds. The molecule has 1 aliphatic rings. The molecule has 1 atom stereocenters. The van der Waals surface area contributed by atoms with Crippen molar-refractivity contribution < 1.29 is 9.53 Å². The molecule has 1 aromatic carbocycles. The van der Waals surface area contributed by atoms with Crippen molar-refractivity contribution in [2.75, 3.05) is 13.2 Å². The molecule has 18 heavy (non-hydrogen) atoms. The first-order chi connectivity index (χ1) is 8.75. The van der Waals surface area contributed by atoms with Gasteiger partial charge >= 0.3 is 5.97 Å². The van der Waals surface area contributed by atoms with Gasteiger partial charge in [0, 0.05) is 6.54 Å². The molecular formula is C15H21NO2. The van der Waals surface area contributed by atoms with Crippen molar-refractivity contribution in [1.29, 1.82) is 0 Å². The predicted octanol–water partition coefficient (Wildman–Crippen LogP) is 2.25. The minimum absolute atomic E-state index is 0.164. The Kier molecular flexibility index (Phi) is 4.02. The quantitative estimate of drug-likeness (QED) is 0.812. The van der Waals surface area contributed by atoms with Crippen LogP contribution in [0.1, 0.15) is 31.7 Å². The van der Waals surface area contributed by atoms with E-state index in [0.29, 0.717) is 19.1 Å². The van der Waals surface area contributed by atoms with Crippen molar-refractivity contribution in [2.24, 2.45) is 11.7 Å². The second-order valence-corrected chi connectivity index (χ2v) is 4.89. The molecule has 1 saturated carbocycles. The topological polar surface area (TPSA) is 52.3 Å². The van der Waals surface area contributed by atoms with Crippen LogP contribution in [0.3, 0.4) is 0 Å². The molecule has 2 N–H and O–H groups in total. The van der Waals surface area contributed by atoms with Crippen LogP contribution >= 0.6 is 0 Å². The summed E-state index contributed by atoms with van der Waals surface area (Å²) in [5, 5.41) is 0. The van der Waals surface area contributed by atoms with Crippen LogP contribution in [0.15, 0.2) is 30.3 Å². The number of esters is 1. The third-order valence-electron chi connectivity index (χ3n) is 4.05. The monoisotopic (exact) mass is 247 g/mol. The first-order valence-corrected chi connectivity index (χ1v) is 6.68. The fraction of sp³-hybridized carbons (Fsp3) is 0.533. The van der Waals surface area contributed by atoms with Gasteiger partial charge in [-0.1, -0.05) is 36.8 Å². The SMILES string of the molecule is CCOC(=O)C(CN)(c1ccccc1)C1CCC1.